The zero-order valence-electron chi connectivity index (χ0n) is 19.3. The second-order valence-electron chi connectivity index (χ2n) is 8.60. The predicted octanol–water partition coefficient (Wildman–Crippen LogP) is 1.05. The number of carbonyl (C=O) groups excluding carboxylic acids is 1. The number of likely N-dealkylation sites (tertiary alicyclic amines) is 1. The molecule has 1 fully saturated rings. The number of carbonyl (C=O) groups is 1. The van der Waals surface area contributed by atoms with Crippen LogP contribution in [0.25, 0.3) is 22.6 Å². The molecule has 1 saturated heterocycles. The number of hydrogen-bond donors (Lipinski definition) is 4. The van der Waals surface area contributed by atoms with Crippen LogP contribution in [0.15, 0.2) is 55.1 Å². The normalized spacial score (nSPS) is 22.4. The van der Waals surface area contributed by atoms with E-state index in [1.807, 2.05) is 43.3 Å². The number of nitrogens with zero attached hydrogens (tertiary/aromatic N) is 6. The number of rotatable bonds is 7. The van der Waals surface area contributed by atoms with Gasteiger partial charge in [0.2, 0.25) is 6.41 Å². The quantitative estimate of drug-likeness (QED) is 0.289. The van der Waals surface area contributed by atoms with Gasteiger partial charge in [-0.3, -0.25) is 19.2 Å². The number of amides is 1. The van der Waals surface area contributed by atoms with E-state index in [1.165, 1.54) is 0 Å². The first-order valence-electron chi connectivity index (χ1n) is 11.2. The van der Waals surface area contributed by atoms with E-state index in [1.54, 1.807) is 35.2 Å². The smallest absolute Gasteiger partial charge is 0.208 e. The Balaban J connectivity index is 1.61. The lowest BCUT2D eigenvalue weighted by Crippen LogP contribution is -2.45. The zero-order chi connectivity index (χ0) is 24.5. The van der Waals surface area contributed by atoms with E-state index in [9.17, 15) is 15.0 Å². The lowest BCUT2D eigenvalue weighted by molar-refractivity contribution is -0.112. The summed E-state index contributed by atoms with van der Waals surface area (Å²) >= 11 is 0. The number of imidazole rings is 1. The maximum absolute atomic E-state index is 11.0. The Morgan fingerprint density at radius 1 is 1.11 bits per heavy atom. The van der Waals surface area contributed by atoms with Gasteiger partial charge in [-0.2, -0.15) is 0 Å². The monoisotopic (exact) mass is 474 g/mol. The highest BCUT2D eigenvalue weighted by Gasteiger charge is 2.47. The van der Waals surface area contributed by atoms with E-state index in [-0.39, 0.29) is 0 Å². The summed E-state index contributed by atoms with van der Waals surface area (Å²) in [6.45, 7) is 2.47. The number of likely N-dealkylation sites (N-methyl/N-ethyl adjacent to an activating group) is 1. The number of pyridine rings is 1. The van der Waals surface area contributed by atoms with Gasteiger partial charge in [0.25, 0.3) is 0 Å². The molecule has 0 bridgehead atoms. The highest BCUT2D eigenvalue weighted by Crippen LogP contribution is 2.34. The average Bonchev–Trinajstić information content (AvgIpc) is 3.37. The molecular weight excluding hydrogens is 448 g/mol. The number of benzene rings is 1. The summed E-state index contributed by atoms with van der Waals surface area (Å²) in [5.41, 5.74) is 3.78. The van der Waals surface area contributed by atoms with Gasteiger partial charge in [-0.05, 0) is 31.2 Å². The van der Waals surface area contributed by atoms with Crippen molar-refractivity contribution < 1.29 is 15.0 Å². The SMILES string of the molecule is Cc1cncc(-c2nc(NCc3ccccc3)c3ncn([C@H]4[C@H](O)[C@H](O)[C@@H](NC=O)N4C)c3n2)c1. The molecule has 1 aliphatic heterocycles. The van der Waals surface area contributed by atoms with E-state index >= 15 is 0 Å². The van der Waals surface area contributed by atoms with Crippen molar-refractivity contribution in [2.75, 3.05) is 12.4 Å². The third-order valence-electron chi connectivity index (χ3n) is 6.22. The van der Waals surface area contributed by atoms with Crippen molar-refractivity contribution in [1.82, 2.24) is 34.7 Å². The predicted molar refractivity (Wildman–Crippen MR) is 129 cm³/mol. The van der Waals surface area contributed by atoms with Crippen molar-refractivity contribution in [3.63, 3.8) is 0 Å². The summed E-state index contributed by atoms with van der Waals surface area (Å²) < 4.78 is 1.69. The van der Waals surface area contributed by atoms with Crippen molar-refractivity contribution in [1.29, 1.82) is 0 Å². The Hall–Kier alpha value is -3.93. The Labute approximate surface area is 201 Å². The van der Waals surface area contributed by atoms with E-state index in [2.05, 4.69) is 20.6 Å². The molecule has 0 aliphatic carbocycles. The Morgan fingerprint density at radius 3 is 2.66 bits per heavy atom. The van der Waals surface area contributed by atoms with E-state index in [0.717, 1.165) is 16.7 Å². The molecule has 1 aromatic carbocycles. The van der Waals surface area contributed by atoms with Crippen molar-refractivity contribution in [2.45, 2.75) is 38.0 Å². The molecule has 11 nitrogen and oxygen atoms in total. The summed E-state index contributed by atoms with van der Waals surface area (Å²) in [7, 11) is 1.71. The largest absolute Gasteiger partial charge is 0.387 e. The zero-order valence-corrected chi connectivity index (χ0v) is 19.3. The number of nitrogens with one attached hydrogen (secondary N) is 2. The molecule has 0 radical (unpaired) electrons. The van der Waals surface area contributed by atoms with Gasteiger partial charge >= 0.3 is 0 Å². The van der Waals surface area contributed by atoms with Crippen LogP contribution >= 0.6 is 0 Å². The second kappa shape index (κ2) is 9.37. The molecule has 0 saturated carbocycles. The third-order valence-corrected chi connectivity index (χ3v) is 6.22. The summed E-state index contributed by atoms with van der Waals surface area (Å²) in [5.74, 6) is 0.983. The molecule has 4 N–H and O–H groups in total. The topological polar surface area (TPSA) is 141 Å². The van der Waals surface area contributed by atoms with Crippen molar-refractivity contribution in [3.8, 4) is 11.4 Å². The highest BCUT2D eigenvalue weighted by molar-refractivity contribution is 5.85. The minimum Gasteiger partial charge on any atom is -0.387 e. The number of aromatic nitrogens is 5. The molecule has 3 aromatic heterocycles. The third kappa shape index (κ3) is 4.20. The highest BCUT2D eigenvalue weighted by atomic mass is 16.3. The van der Waals surface area contributed by atoms with Crippen LogP contribution in [0.4, 0.5) is 5.82 Å². The Kier molecular flexibility index (Phi) is 6.12. The van der Waals surface area contributed by atoms with Gasteiger partial charge in [0.15, 0.2) is 22.8 Å². The standard InChI is InChI=1S/C24H26N8O3/c1-14-8-16(11-25-9-14)20-29-21(26-10-15-6-4-3-5-7-15)17-22(30-20)32(12-27-17)24-19(35)18(34)23(28-13-33)31(24)2/h3-9,11-13,18-19,23-24,34-35H,10H2,1-2H3,(H,28,33)(H,26,29,30)/t18-,19+,23-,24-/m0/s1. The van der Waals surface area contributed by atoms with Crippen LogP contribution in [-0.2, 0) is 11.3 Å². The van der Waals surface area contributed by atoms with Gasteiger partial charge in [-0.15, -0.1) is 0 Å². The van der Waals surface area contributed by atoms with Crippen LogP contribution in [0.2, 0.25) is 0 Å². The van der Waals surface area contributed by atoms with Crippen LogP contribution in [-0.4, -0.2) is 71.4 Å². The summed E-state index contributed by atoms with van der Waals surface area (Å²) in [6.07, 6.45) is 1.66. The molecule has 1 aliphatic rings. The summed E-state index contributed by atoms with van der Waals surface area (Å²) in [4.78, 5) is 31.0. The number of aryl methyl sites for hydroxylation is 1. The van der Waals surface area contributed by atoms with Crippen LogP contribution in [0.1, 0.15) is 17.3 Å². The Morgan fingerprint density at radius 2 is 1.91 bits per heavy atom. The van der Waals surface area contributed by atoms with Crippen LogP contribution in [0, 0.1) is 6.92 Å². The summed E-state index contributed by atoms with van der Waals surface area (Å²) in [5, 5.41) is 27.3. The first-order valence-corrected chi connectivity index (χ1v) is 11.2. The van der Waals surface area contributed by atoms with Crippen molar-refractivity contribution >= 4 is 23.4 Å². The number of aliphatic hydroxyl groups is 2. The van der Waals surface area contributed by atoms with Gasteiger partial charge in [-0.1, -0.05) is 30.3 Å². The molecule has 180 valence electrons. The fraction of sp³-hybridized carbons (Fsp3) is 0.292. The molecule has 4 aromatic rings. The van der Waals surface area contributed by atoms with E-state index < -0.39 is 24.5 Å². The molecular formula is C24H26N8O3. The second-order valence-corrected chi connectivity index (χ2v) is 8.60. The molecule has 0 spiro atoms. The van der Waals surface area contributed by atoms with Gasteiger partial charge < -0.3 is 20.8 Å². The van der Waals surface area contributed by atoms with Crippen molar-refractivity contribution in [3.05, 3.63) is 66.2 Å². The summed E-state index contributed by atoms with van der Waals surface area (Å²) in [6, 6.07) is 11.9. The average molecular weight is 475 g/mol. The van der Waals surface area contributed by atoms with Crippen LogP contribution < -0.4 is 10.6 Å². The number of fused-ring (bicyclic) bond motifs is 1. The lowest BCUT2D eigenvalue weighted by Gasteiger charge is -2.26. The van der Waals surface area contributed by atoms with Crippen molar-refractivity contribution in [2.24, 2.45) is 0 Å². The van der Waals surface area contributed by atoms with Crippen LogP contribution in [0.3, 0.4) is 0 Å². The minimum atomic E-state index is -1.19. The Bertz CT molecular complexity index is 1350. The molecule has 11 heteroatoms. The molecule has 35 heavy (non-hydrogen) atoms. The molecule has 4 atom stereocenters. The van der Waals surface area contributed by atoms with Gasteiger partial charge in [0, 0.05) is 24.5 Å². The fourth-order valence-electron chi connectivity index (χ4n) is 4.48. The van der Waals surface area contributed by atoms with Gasteiger partial charge in [0.05, 0.1) is 6.33 Å². The molecule has 5 rings (SSSR count). The van der Waals surface area contributed by atoms with Gasteiger partial charge in [-0.25, -0.2) is 15.0 Å². The van der Waals surface area contributed by atoms with Crippen LogP contribution in [0.5, 0.6) is 0 Å². The minimum absolute atomic E-state index is 0.448. The maximum atomic E-state index is 11.0. The first kappa shape index (κ1) is 22.8. The number of anilines is 1. The van der Waals surface area contributed by atoms with E-state index in [0.29, 0.717) is 35.8 Å². The fourth-order valence-corrected chi connectivity index (χ4v) is 4.48. The van der Waals surface area contributed by atoms with Gasteiger partial charge in [0.1, 0.15) is 24.5 Å². The molecule has 0 unspecified atom stereocenters. The molecule has 4 heterocycles. The molecule has 1 amide bonds. The van der Waals surface area contributed by atoms with E-state index in [4.69, 9.17) is 9.97 Å². The lowest BCUT2D eigenvalue weighted by atomic mass is 10.2. The number of aliphatic hydroxyl groups excluding tert-OH is 2. The maximum Gasteiger partial charge on any atom is 0.208 e. The number of hydrogen-bond acceptors (Lipinski definition) is 9. The first-order chi connectivity index (χ1) is 17.0.